The number of benzene rings is 2. The van der Waals surface area contributed by atoms with Crippen molar-refractivity contribution in [1.82, 2.24) is 0 Å². The van der Waals surface area contributed by atoms with Gasteiger partial charge in [-0.3, -0.25) is 0 Å². The Hall–Kier alpha value is -0.540. The molecule has 19 heavy (non-hydrogen) atoms. The molecule has 1 atom stereocenters. The van der Waals surface area contributed by atoms with Crippen LogP contribution in [0.4, 0.5) is 0 Å². The van der Waals surface area contributed by atoms with E-state index in [-0.39, 0.29) is 0 Å². The third-order valence-corrected chi connectivity index (χ3v) is 3.88. The maximum absolute atomic E-state index is 10.9. The minimum absolute atomic E-state index is 0.493. The molecule has 2 aromatic rings. The van der Waals surface area contributed by atoms with Crippen molar-refractivity contribution in [2.24, 2.45) is 0 Å². The Morgan fingerprint density at radius 1 is 1.11 bits per heavy atom. The van der Waals surface area contributed by atoms with Crippen molar-refractivity contribution in [3.8, 4) is 9.85 Å². The largest absolute Gasteiger partial charge is 0.369 e. The van der Waals surface area contributed by atoms with Gasteiger partial charge in [0.05, 0.1) is 0 Å². The molecule has 0 fully saturated rings. The lowest BCUT2D eigenvalue weighted by atomic mass is 9.87. The molecule has 0 spiro atoms. The van der Waals surface area contributed by atoms with Crippen LogP contribution in [0.1, 0.15) is 11.1 Å². The average Bonchev–Trinajstić information content (AvgIpc) is 2.40. The molecule has 0 aliphatic carbocycles. The van der Waals surface area contributed by atoms with Crippen molar-refractivity contribution in [2.75, 3.05) is 0 Å². The molecule has 0 saturated carbocycles. The number of hydrogen-bond donors (Lipinski definition) is 1. The van der Waals surface area contributed by atoms with Gasteiger partial charge in [0.1, 0.15) is 0 Å². The molecule has 96 valence electrons. The van der Waals surface area contributed by atoms with Gasteiger partial charge < -0.3 is 5.11 Å². The normalized spacial score (nSPS) is 13.3. The summed E-state index contributed by atoms with van der Waals surface area (Å²) in [6, 6.07) is 14.6. The highest BCUT2D eigenvalue weighted by Crippen LogP contribution is 2.34. The van der Waals surface area contributed by atoms with Crippen LogP contribution >= 0.6 is 50.1 Å². The minimum atomic E-state index is -1.40. The van der Waals surface area contributed by atoms with E-state index in [9.17, 15) is 5.11 Å². The zero-order valence-electron chi connectivity index (χ0n) is 9.70. The number of rotatable bonds is 2. The van der Waals surface area contributed by atoms with Crippen LogP contribution in [0.25, 0.3) is 0 Å². The van der Waals surface area contributed by atoms with Crippen LogP contribution in [0.3, 0.4) is 0 Å². The van der Waals surface area contributed by atoms with Gasteiger partial charge >= 0.3 is 0 Å². The highest BCUT2D eigenvalue weighted by atomic mass is 127. The lowest BCUT2D eigenvalue weighted by Gasteiger charge is -2.24. The molecule has 4 heteroatoms. The summed E-state index contributed by atoms with van der Waals surface area (Å²) in [5.41, 5.74) is -0.128. The molecule has 0 radical (unpaired) electrons. The maximum atomic E-state index is 10.9. The average molecular weight is 447 g/mol. The molecular weight excluding hydrogens is 438 g/mol. The van der Waals surface area contributed by atoms with Crippen LogP contribution < -0.4 is 0 Å². The highest BCUT2D eigenvalue weighted by Gasteiger charge is 2.31. The first-order valence-corrected chi connectivity index (χ1v) is 7.69. The van der Waals surface area contributed by atoms with E-state index in [4.69, 9.17) is 11.6 Å². The number of hydrogen-bond acceptors (Lipinski definition) is 1. The predicted molar refractivity (Wildman–Crippen MR) is 90.4 cm³/mol. The highest BCUT2D eigenvalue weighted by molar-refractivity contribution is 14.1. The Morgan fingerprint density at radius 2 is 1.74 bits per heavy atom. The van der Waals surface area contributed by atoms with Crippen LogP contribution in [0, 0.1) is 9.85 Å². The van der Waals surface area contributed by atoms with Crippen molar-refractivity contribution in [3.05, 3.63) is 69.2 Å². The van der Waals surface area contributed by atoms with E-state index >= 15 is 0 Å². The van der Waals surface area contributed by atoms with Gasteiger partial charge in [0.15, 0.2) is 5.60 Å². The molecule has 0 aliphatic rings. The summed E-state index contributed by atoms with van der Waals surface area (Å²) in [5.74, 6) is 2.84. The molecule has 0 aromatic heterocycles. The Kier molecular flexibility index (Phi) is 4.91. The van der Waals surface area contributed by atoms with Crippen molar-refractivity contribution in [3.63, 3.8) is 0 Å². The minimum Gasteiger partial charge on any atom is -0.369 e. The standard InChI is InChI=1S/C15H9BrClIO/c16-12-7-5-11(6-8-12)15(19,9-10-18)13-3-1-2-4-14(13)17/h1-8,19H. The van der Waals surface area contributed by atoms with E-state index in [1.54, 1.807) is 12.1 Å². The topological polar surface area (TPSA) is 20.2 Å². The Morgan fingerprint density at radius 3 is 2.32 bits per heavy atom. The molecule has 1 nitrogen and oxygen atoms in total. The Labute approximate surface area is 139 Å². The van der Waals surface area contributed by atoms with Crippen molar-refractivity contribution < 1.29 is 5.11 Å². The molecule has 0 saturated heterocycles. The van der Waals surface area contributed by atoms with Crippen LogP contribution in [0.5, 0.6) is 0 Å². The molecule has 1 N–H and O–H groups in total. The summed E-state index contributed by atoms with van der Waals surface area (Å²) < 4.78 is 3.69. The first-order chi connectivity index (χ1) is 9.08. The first-order valence-electron chi connectivity index (χ1n) is 5.44. The van der Waals surface area contributed by atoms with Gasteiger partial charge in [-0.25, -0.2) is 0 Å². The Bertz CT molecular complexity index is 645. The van der Waals surface area contributed by atoms with Crippen LogP contribution in [0.2, 0.25) is 5.02 Å². The molecule has 0 heterocycles. The molecular formula is C15H9BrClIO. The maximum Gasteiger partial charge on any atom is 0.179 e. The lowest BCUT2D eigenvalue weighted by Crippen LogP contribution is -2.25. The number of halogens is 3. The second kappa shape index (κ2) is 6.27. The molecule has 0 aliphatic heterocycles. The van der Waals surface area contributed by atoms with E-state index < -0.39 is 5.60 Å². The second-order valence-corrected chi connectivity index (χ2v) is 5.78. The number of aliphatic hydroxyl groups is 1. The van der Waals surface area contributed by atoms with E-state index in [0.29, 0.717) is 16.1 Å². The van der Waals surface area contributed by atoms with E-state index in [0.717, 1.165) is 4.47 Å². The van der Waals surface area contributed by atoms with Crippen molar-refractivity contribution in [1.29, 1.82) is 0 Å². The fourth-order valence-corrected chi connectivity index (χ4v) is 2.74. The van der Waals surface area contributed by atoms with E-state index in [2.05, 4.69) is 25.8 Å². The van der Waals surface area contributed by atoms with Gasteiger partial charge in [-0.1, -0.05) is 57.9 Å². The quantitative estimate of drug-likeness (QED) is 0.521. The smallest absolute Gasteiger partial charge is 0.179 e. The molecule has 0 amide bonds. The summed E-state index contributed by atoms with van der Waals surface area (Å²) in [6.45, 7) is 0. The van der Waals surface area contributed by atoms with Gasteiger partial charge in [-0.2, -0.15) is 0 Å². The summed E-state index contributed by atoms with van der Waals surface area (Å²) >= 11 is 11.5. The molecule has 0 bridgehead atoms. The van der Waals surface area contributed by atoms with Gasteiger partial charge in [0.2, 0.25) is 0 Å². The summed E-state index contributed by atoms with van der Waals surface area (Å²) in [5, 5.41) is 11.4. The molecule has 2 aromatic carbocycles. The van der Waals surface area contributed by atoms with Crippen LogP contribution in [-0.2, 0) is 5.60 Å². The third-order valence-electron chi connectivity index (χ3n) is 2.75. The summed E-state index contributed by atoms with van der Waals surface area (Å²) in [4.78, 5) is 0. The second-order valence-electron chi connectivity index (χ2n) is 3.92. The third kappa shape index (κ3) is 3.14. The van der Waals surface area contributed by atoms with Gasteiger partial charge in [-0.15, -0.1) is 0 Å². The Balaban J connectivity index is 2.64. The van der Waals surface area contributed by atoms with Crippen LogP contribution in [-0.4, -0.2) is 5.11 Å². The van der Waals surface area contributed by atoms with Crippen LogP contribution in [0.15, 0.2) is 53.0 Å². The van der Waals surface area contributed by atoms with Crippen molar-refractivity contribution >= 4 is 50.1 Å². The molecule has 1 unspecified atom stereocenters. The van der Waals surface area contributed by atoms with Gasteiger partial charge in [0, 0.05) is 43.2 Å². The summed E-state index contributed by atoms with van der Waals surface area (Å²) in [6.07, 6.45) is 0. The van der Waals surface area contributed by atoms with E-state index in [1.165, 1.54) is 0 Å². The molecule has 2 rings (SSSR count). The van der Waals surface area contributed by atoms with Gasteiger partial charge in [0.25, 0.3) is 0 Å². The fourth-order valence-electron chi connectivity index (χ4n) is 1.81. The van der Waals surface area contributed by atoms with Gasteiger partial charge in [-0.05, 0) is 28.0 Å². The zero-order valence-corrected chi connectivity index (χ0v) is 14.2. The van der Waals surface area contributed by atoms with E-state index in [1.807, 2.05) is 59.0 Å². The SMILES string of the molecule is OC(C#CI)(c1ccc(Br)cc1)c1ccccc1Cl. The summed E-state index contributed by atoms with van der Waals surface area (Å²) in [7, 11) is 0. The fraction of sp³-hybridized carbons (Fsp3) is 0.0667. The predicted octanol–water partition coefficient (Wildman–Crippen LogP) is 4.73. The zero-order chi connectivity index (χ0) is 13.9. The van der Waals surface area contributed by atoms with Crippen molar-refractivity contribution in [2.45, 2.75) is 5.60 Å². The lowest BCUT2D eigenvalue weighted by molar-refractivity contribution is 0.145. The monoisotopic (exact) mass is 446 g/mol. The first kappa shape index (κ1) is 14.9.